The molecule has 0 aromatic heterocycles. The van der Waals surface area contributed by atoms with E-state index in [9.17, 15) is 0 Å². The van der Waals surface area contributed by atoms with Crippen LogP contribution in [0.4, 0.5) is 0 Å². The van der Waals surface area contributed by atoms with Crippen molar-refractivity contribution in [1.29, 1.82) is 0 Å². The third kappa shape index (κ3) is 17.3. The van der Waals surface area contributed by atoms with Gasteiger partial charge < -0.3 is 5.32 Å². The highest BCUT2D eigenvalue weighted by Gasteiger charge is 1.68. The maximum atomic E-state index is 3.56. The van der Waals surface area contributed by atoms with Gasteiger partial charge >= 0.3 is 0 Å². The van der Waals surface area contributed by atoms with Crippen LogP contribution in [0.1, 0.15) is 20.3 Å². The first kappa shape index (κ1) is 10.6. The minimum absolute atomic E-state index is 1.05. The van der Waals surface area contributed by atoms with Crippen molar-refractivity contribution >= 4 is 0 Å². The van der Waals surface area contributed by atoms with E-state index in [0.29, 0.717) is 0 Å². The second kappa shape index (κ2) is 15.9. The summed E-state index contributed by atoms with van der Waals surface area (Å²) < 4.78 is 0. The van der Waals surface area contributed by atoms with Gasteiger partial charge in [0, 0.05) is 0 Å². The molecular formula is C7H17N. The minimum Gasteiger partial charge on any atom is -0.319 e. The van der Waals surface area contributed by atoms with Crippen molar-refractivity contribution < 1.29 is 0 Å². The molecule has 0 unspecified atom stereocenters. The van der Waals surface area contributed by atoms with E-state index in [0.717, 1.165) is 13.0 Å². The molecule has 0 aromatic carbocycles. The molecule has 0 radical (unpaired) electrons. The van der Waals surface area contributed by atoms with Gasteiger partial charge in [-0.3, -0.25) is 0 Å². The van der Waals surface area contributed by atoms with E-state index in [1.165, 1.54) is 0 Å². The Morgan fingerprint density at radius 2 is 2.00 bits per heavy atom. The Morgan fingerprint density at radius 3 is 2.12 bits per heavy atom. The van der Waals surface area contributed by atoms with Crippen LogP contribution in [-0.2, 0) is 0 Å². The van der Waals surface area contributed by atoms with Gasteiger partial charge in [-0.05, 0) is 20.0 Å². The number of nitrogens with one attached hydrogen (secondary N) is 1. The molecule has 0 aromatic rings. The standard InChI is InChI=1S/C5H11N.C2H6/c1-3-4-5-6-2;1-2/h3,6H,1,4-5H2,2H3;1-2H3. The molecule has 0 rings (SSSR count). The van der Waals surface area contributed by atoms with Gasteiger partial charge in [-0.2, -0.15) is 0 Å². The van der Waals surface area contributed by atoms with E-state index in [1.807, 2.05) is 27.0 Å². The molecule has 0 atom stereocenters. The van der Waals surface area contributed by atoms with Gasteiger partial charge in [0.15, 0.2) is 0 Å². The second-order valence-corrected chi connectivity index (χ2v) is 1.18. The fourth-order valence-corrected chi connectivity index (χ4v) is 0.246. The van der Waals surface area contributed by atoms with Crippen molar-refractivity contribution in [2.75, 3.05) is 13.6 Å². The van der Waals surface area contributed by atoms with Gasteiger partial charge in [0.05, 0.1) is 0 Å². The smallest absolute Gasteiger partial charge is 0.00174 e. The second-order valence-electron chi connectivity index (χ2n) is 1.18. The van der Waals surface area contributed by atoms with Gasteiger partial charge in [0.2, 0.25) is 0 Å². The molecule has 0 saturated heterocycles. The molecule has 0 heterocycles. The van der Waals surface area contributed by atoms with Crippen LogP contribution in [0.3, 0.4) is 0 Å². The van der Waals surface area contributed by atoms with Crippen molar-refractivity contribution in [3.63, 3.8) is 0 Å². The predicted molar refractivity (Wildman–Crippen MR) is 40.1 cm³/mol. The quantitative estimate of drug-likeness (QED) is 0.437. The molecule has 1 heteroatoms. The molecule has 0 aliphatic heterocycles. The summed E-state index contributed by atoms with van der Waals surface area (Å²) in [6.45, 7) is 8.60. The van der Waals surface area contributed by atoms with Crippen LogP contribution in [0.2, 0.25) is 0 Å². The number of rotatable bonds is 3. The Kier molecular flexibility index (Phi) is 21.1. The molecular weight excluding hydrogens is 98.1 g/mol. The first-order chi connectivity index (χ1) is 3.91. The van der Waals surface area contributed by atoms with Crippen molar-refractivity contribution in [3.05, 3.63) is 12.7 Å². The van der Waals surface area contributed by atoms with E-state index in [2.05, 4.69) is 11.9 Å². The molecule has 8 heavy (non-hydrogen) atoms. The summed E-state index contributed by atoms with van der Waals surface area (Å²) in [6, 6.07) is 0. The highest BCUT2D eigenvalue weighted by Crippen LogP contribution is 1.70. The largest absolute Gasteiger partial charge is 0.319 e. The Hall–Kier alpha value is -0.300. The van der Waals surface area contributed by atoms with Gasteiger partial charge in [0.25, 0.3) is 0 Å². The van der Waals surface area contributed by atoms with Crippen molar-refractivity contribution in [3.8, 4) is 0 Å². The lowest BCUT2D eigenvalue weighted by Gasteiger charge is -1.86. The van der Waals surface area contributed by atoms with Crippen molar-refractivity contribution in [2.45, 2.75) is 20.3 Å². The highest BCUT2D eigenvalue weighted by atomic mass is 14.8. The zero-order valence-corrected chi connectivity index (χ0v) is 6.20. The molecule has 0 aliphatic carbocycles. The Bertz CT molecular complexity index is 33.4. The molecule has 0 fully saturated rings. The summed E-state index contributed by atoms with van der Waals surface area (Å²) in [4.78, 5) is 0. The molecule has 0 saturated carbocycles. The maximum Gasteiger partial charge on any atom is -0.00174 e. The topological polar surface area (TPSA) is 12.0 Å². The van der Waals surface area contributed by atoms with Crippen LogP contribution < -0.4 is 5.32 Å². The Morgan fingerprint density at radius 1 is 1.50 bits per heavy atom. The van der Waals surface area contributed by atoms with Crippen molar-refractivity contribution in [2.24, 2.45) is 0 Å². The summed E-state index contributed by atoms with van der Waals surface area (Å²) >= 11 is 0. The van der Waals surface area contributed by atoms with Crippen molar-refractivity contribution in [1.82, 2.24) is 5.32 Å². The summed E-state index contributed by atoms with van der Waals surface area (Å²) in [5.74, 6) is 0. The van der Waals surface area contributed by atoms with Crippen LogP contribution in [0.25, 0.3) is 0 Å². The van der Waals surface area contributed by atoms with Gasteiger partial charge in [-0.25, -0.2) is 0 Å². The normalized spacial score (nSPS) is 6.88. The van der Waals surface area contributed by atoms with Crippen LogP contribution in [0, 0.1) is 0 Å². The van der Waals surface area contributed by atoms with E-state index < -0.39 is 0 Å². The minimum atomic E-state index is 1.05. The molecule has 0 aliphatic rings. The number of hydrogen-bond donors (Lipinski definition) is 1. The molecule has 0 spiro atoms. The van der Waals surface area contributed by atoms with Crippen LogP contribution in [-0.4, -0.2) is 13.6 Å². The van der Waals surface area contributed by atoms with E-state index in [1.54, 1.807) is 0 Å². The van der Waals surface area contributed by atoms with Crippen LogP contribution >= 0.6 is 0 Å². The molecule has 0 amide bonds. The maximum absolute atomic E-state index is 3.56. The zero-order valence-electron chi connectivity index (χ0n) is 6.20. The van der Waals surface area contributed by atoms with E-state index >= 15 is 0 Å². The van der Waals surface area contributed by atoms with E-state index in [-0.39, 0.29) is 0 Å². The van der Waals surface area contributed by atoms with Gasteiger partial charge in [0.1, 0.15) is 0 Å². The van der Waals surface area contributed by atoms with E-state index in [4.69, 9.17) is 0 Å². The fourth-order valence-electron chi connectivity index (χ4n) is 0.246. The predicted octanol–water partition coefficient (Wildman–Crippen LogP) is 1.81. The van der Waals surface area contributed by atoms with Gasteiger partial charge in [-0.1, -0.05) is 19.9 Å². The summed E-state index contributed by atoms with van der Waals surface area (Å²) in [7, 11) is 1.93. The zero-order chi connectivity index (χ0) is 6.83. The lowest BCUT2D eigenvalue weighted by atomic mass is 10.4. The van der Waals surface area contributed by atoms with Gasteiger partial charge in [-0.15, -0.1) is 6.58 Å². The molecule has 50 valence electrons. The Labute approximate surface area is 52.8 Å². The number of hydrogen-bond acceptors (Lipinski definition) is 1. The lowest BCUT2D eigenvalue weighted by molar-refractivity contribution is 0.809. The SMILES string of the molecule is C=CCCNC.CC. The van der Waals surface area contributed by atoms with Crippen LogP contribution in [0.5, 0.6) is 0 Å². The average Bonchev–Trinajstić information content (AvgIpc) is 1.88. The fraction of sp³-hybridized carbons (Fsp3) is 0.714. The molecule has 0 bridgehead atoms. The average molecular weight is 115 g/mol. The summed E-state index contributed by atoms with van der Waals surface area (Å²) in [6.07, 6.45) is 2.97. The highest BCUT2D eigenvalue weighted by molar-refractivity contribution is 4.65. The summed E-state index contributed by atoms with van der Waals surface area (Å²) in [5.41, 5.74) is 0. The summed E-state index contributed by atoms with van der Waals surface area (Å²) in [5, 5.41) is 3.00. The lowest BCUT2D eigenvalue weighted by Crippen LogP contribution is -2.05. The Balaban J connectivity index is 0. The third-order valence-electron chi connectivity index (χ3n) is 0.598. The monoisotopic (exact) mass is 115 g/mol. The molecule has 1 N–H and O–H groups in total. The first-order valence-corrected chi connectivity index (χ1v) is 3.17. The molecule has 1 nitrogen and oxygen atoms in total. The first-order valence-electron chi connectivity index (χ1n) is 3.17. The van der Waals surface area contributed by atoms with Crippen LogP contribution in [0.15, 0.2) is 12.7 Å². The third-order valence-corrected chi connectivity index (χ3v) is 0.598.